The highest BCUT2D eigenvalue weighted by Gasteiger charge is 2.06. The minimum absolute atomic E-state index is 0.279. The molecule has 2 heterocycles. The Bertz CT molecular complexity index is 920. The van der Waals surface area contributed by atoms with Crippen molar-refractivity contribution in [2.45, 2.75) is 0 Å². The second-order valence-corrected chi connectivity index (χ2v) is 4.71. The first-order chi connectivity index (χ1) is 11.8. The zero-order chi connectivity index (χ0) is 16.8. The number of benzene rings is 1. The molecule has 3 rings (SSSR count). The number of rotatable bonds is 4. The SMILES string of the molecule is [N-]=[N+]=NC(=O)c1cccc(Nc2nccc(-c3cccnc3)n2)c1. The van der Waals surface area contributed by atoms with Gasteiger partial charge in [-0.15, -0.1) is 0 Å². The van der Waals surface area contributed by atoms with Gasteiger partial charge in [0.1, 0.15) is 0 Å². The highest BCUT2D eigenvalue weighted by molar-refractivity contribution is 5.95. The molecule has 0 fully saturated rings. The van der Waals surface area contributed by atoms with Gasteiger partial charge in [-0.1, -0.05) is 12.1 Å². The van der Waals surface area contributed by atoms with Crippen LogP contribution >= 0.6 is 0 Å². The van der Waals surface area contributed by atoms with Gasteiger partial charge < -0.3 is 5.32 Å². The predicted octanol–water partition coefficient (Wildman–Crippen LogP) is 3.73. The number of pyridine rings is 1. The van der Waals surface area contributed by atoms with E-state index < -0.39 is 5.91 Å². The maximum absolute atomic E-state index is 11.6. The molecule has 0 bridgehead atoms. The lowest BCUT2D eigenvalue weighted by Crippen LogP contribution is -2.00. The molecule has 1 amide bonds. The van der Waals surface area contributed by atoms with E-state index in [9.17, 15) is 4.79 Å². The van der Waals surface area contributed by atoms with Crippen molar-refractivity contribution in [2.75, 3.05) is 5.32 Å². The molecule has 0 aliphatic rings. The Kier molecular flexibility index (Phi) is 4.41. The van der Waals surface area contributed by atoms with Crippen LogP contribution in [0.15, 0.2) is 66.2 Å². The molecule has 0 saturated carbocycles. The third-order valence-corrected chi connectivity index (χ3v) is 3.11. The van der Waals surface area contributed by atoms with Gasteiger partial charge in [-0.05, 0) is 41.0 Å². The summed E-state index contributed by atoms with van der Waals surface area (Å²) in [6, 6.07) is 12.1. The number of azide groups is 1. The Balaban J connectivity index is 1.86. The van der Waals surface area contributed by atoms with Gasteiger partial charge in [0.15, 0.2) is 0 Å². The number of nitrogens with one attached hydrogen (secondary N) is 1. The lowest BCUT2D eigenvalue weighted by Gasteiger charge is -2.07. The van der Waals surface area contributed by atoms with Crippen LogP contribution in [0.2, 0.25) is 0 Å². The summed E-state index contributed by atoms with van der Waals surface area (Å²) in [4.78, 5) is 26.7. The Hall–Kier alpha value is -3.77. The Morgan fingerprint density at radius 1 is 1.17 bits per heavy atom. The second kappa shape index (κ2) is 6.99. The summed E-state index contributed by atoms with van der Waals surface area (Å²) >= 11 is 0. The Morgan fingerprint density at radius 3 is 2.88 bits per heavy atom. The van der Waals surface area contributed by atoms with E-state index >= 15 is 0 Å². The van der Waals surface area contributed by atoms with E-state index in [1.807, 2.05) is 12.1 Å². The zero-order valence-corrected chi connectivity index (χ0v) is 12.4. The molecular formula is C16H11N7O. The molecule has 8 heteroatoms. The zero-order valence-electron chi connectivity index (χ0n) is 12.4. The van der Waals surface area contributed by atoms with E-state index in [1.165, 1.54) is 0 Å². The molecule has 116 valence electrons. The third-order valence-electron chi connectivity index (χ3n) is 3.11. The number of carbonyl (C=O) groups excluding carboxylic acids is 1. The lowest BCUT2D eigenvalue weighted by molar-refractivity contribution is 0.100. The highest BCUT2D eigenvalue weighted by atomic mass is 16.1. The summed E-state index contributed by atoms with van der Waals surface area (Å²) in [7, 11) is 0. The standard InChI is InChI=1S/C16H11N7O/c17-23-22-15(24)11-3-1-5-13(9-11)20-16-19-8-6-14(21-16)12-4-2-7-18-10-12/h1-10H,(H,19,20,21). The fourth-order valence-corrected chi connectivity index (χ4v) is 2.05. The summed E-state index contributed by atoms with van der Waals surface area (Å²) in [6.45, 7) is 0. The molecule has 0 spiro atoms. The fraction of sp³-hybridized carbons (Fsp3) is 0. The summed E-state index contributed by atoms with van der Waals surface area (Å²) < 4.78 is 0. The van der Waals surface area contributed by atoms with Crippen LogP contribution in [-0.2, 0) is 0 Å². The van der Waals surface area contributed by atoms with E-state index in [0.29, 0.717) is 11.6 Å². The van der Waals surface area contributed by atoms with E-state index in [2.05, 4.69) is 30.3 Å². The van der Waals surface area contributed by atoms with Crippen LogP contribution in [0.3, 0.4) is 0 Å². The van der Waals surface area contributed by atoms with Gasteiger partial charge in [-0.2, -0.15) is 0 Å². The molecule has 8 nitrogen and oxygen atoms in total. The van der Waals surface area contributed by atoms with Crippen LogP contribution in [0.4, 0.5) is 11.6 Å². The van der Waals surface area contributed by atoms with Gasteiger partial charge in [0.25, 0.3) is 0 Å². The Labute approximate surface area is 136 Å². The number of hydrogen-bond acceptors (Lipinski definition) is 5. The topological polar surface area (TPSA) is 117 Å². The minimum Gasteiger partial charge on any atom is -0.324 e. The molecule has 0 atom stereocenters. The van der Waals surface area contributed by atoms with Crippen molar-refractivity contribution in [1.29, 1.82) is 0 Å². The number of amides is 1. The fourth-order valence-electron chi connectivity index (χ4n) is 2.05. The largest absolute Gasteiger partial charge is 0.324 e. The molecule has 2 aromatic heterocycles. The third kappa shape index (κ3) is 3.52. The smallest absolute Gasteiger partial charge is 0.249 e. The predicted molar refractivity (Wildman–Crippen MR) is 88.5 cm³/mol. The number of carbonyl (C=O) groups is 1. The normalized spacial score (nSPS) is 9.83. The Morgan fingerprint density at radius 2 is 2.08 bits per heavy atom. The molecule has 1 aromatic carbocycles. The maximum atomic E-state index is 11.6. The molecule has 0 aliphatic carbocycles. The van der Waals surface area contributed by atoms with Crippen molar-refractivity contribution in [3.05, 3.63) is 77.1 Å². The number of hydrogen-bond donors (Lipinski definition) is 1. The maximum Gasteiger partial charge on any atom is 0.249 e. The average Bonchev–Trinajstić information content (AvgIpc) is 2.63. The van der Waals surface area contributed by atoms with Gasteiger partial charge in [-0.3, -0.25) is 9.78 Å². The van der Waals surface area contributed by atoms with Crippen LogP contribution < -0.4 is 5.32 Å². The van der Waals surface area contributed by atoms with Crippen LogP contribution in [0.25, 0.3) is 21.7 Å². The first-order valence-electron chi connectivity index (χ1n) is 6.96. The van der Waals surface area contributed by atoms with E-state index in [1.54, 1.807) is 48.9 Å². The van der Waals surface area contributed by atoms with Crippen molar-refractivity contribution in [3.63, 3.8) is 0 Å². The van der Waals surface area contributed by atoms with Crippen LogP contribution in [0.5, 0.6) is 0 Å². The first-order valence-corrected chi connectivity index (χ1v) is 6.96. The van der Waals surface area contributed by atoms with Gasteiger partial charge in [0, 0.05) is 40.3 Å². The van der Waals surface area contributed by atoms with Crippen molar-refractivity contribution < 1.29 is 4.79 Å². The summed E-state index contributed by atoms with van der Waals surface area (Å²) in [6.07, 6.45) is 5.04. The number of nitrogens with zero attached hydrogens (tertiary/aromatic N) is 6. The quantitative estimate of drug-likeness (QED) is 0.447. The second-order valence-electron chi connectivity index (χ2n) is 4.71. The lowest BCUT2D eigenvalue weighted by atomic mass is 10.2. The summed E-state index contributed by atoms with van der Waals surface area (Å²) in [5, 5.41) is 6.09. The molecule has 3 aromatic rings. The molecule has 1 N–H and O–H groups in total. The summed E-state index contributed by atoms with van der Waals surface area (Å²) in [5.74, 6) is -0.268. The highest BCUT2D eigenvalue weighted by Crippen LogP contribution is 2.19. The van der Waals surface area contributed by atoms with Gasteiger partial charge in [-0.25, -0.2) is 9.97 Å². The molecular weight excluding hydrogens is 306 g/mol. The number of anilines is 2. The monoisotopic (exact) mass is 317 g/mol. The van der Waals surface area contributed by atoms with Crippen LogP contribution in [-0.4, -0.2) is 20.9 Å². The molecule has 0 aliphatic heterocycles. The molecule has 0 unspecified atom stereocenters. The van der Waals surface area contributed by atoms with Gasteiger partial charge in [0.2, 0.25) is 11.9 Å². The molecule has 0 radical (unpaired) electrons. The minimum atomic E-state index is -0.647. The van der Waals surface area contributed by atoms with Crippen molar-refractivity contribution in [1.82, 2.24) is 15.0 Å². The van der Waals surface area contributed by atoms with Crippen molar-refractivity contribution in [3.8, 4) is 11.3 Å². The van der Waals surface area contributed by atoms with Crippen molar-refractivity contribution in [2.24, 2.45) is 5.11 Å². The van der Waals surface area contributed by atoms with E-state index in [4.69, 9.17) is 5.53 Å². The first kappa shape index (κ1) is 15.1. The van der Waals surface area contributed by atoms with Crippen molar-refractivity contribution >= 4 is 17.5 Å². The van der Waals surface area contributed by atoms with E-state index in [0.717, 1.165) is 11.3 Å². The average molecular weight is 317 g/mol. The molecule has 0 saturated heterocycles. The number of aromatic nitrogens is 3. The molecule has 24 heavy (non-hydrogen) atoms. The van der Waals surface area contributed by atoms with Gasteiger partial charge >= 0.3 is 0 Å². The van der Waals surface area contributed by atoms with Gasteiger partial charge in [0.05, 0.1) is 5.69 Å². The van der Waals surface area contributed by atoms with Crippen LogP contribution in [0, 0.1) is 0 Å². The summed E-state index contributed by atoms with van der Waals surface area (Å²) in [5.41, 5.74) is 10.8. The van der Waals surface area contributed by atoms with Crippen LogP contribution in [0.1, 0.15) is 10.4 Å². The van der Waals surface area contributed by atoms with E-state index in [-0.39, 0.29) is 5.56 Å².